The smallest absolute Gasteiger partial charge is 0.214 e. The van der Waals surface area contributed by atoms with E-state index in [9.17, 15) is 10.1 Å². The number of nitrogens with zero attached hydrogens (tertiary/aromatic N) is 3. The van der Waals surface area contributed by atoms with Crippen LogP contribution in [0.3, 0.4) is 0 Å². The van der Waals surface area contributed by atoms with Crippen LogP contribution in [0.1, 0.15) is 17.2 Å². The number of hydrogen-bond donors (Lipinski definition) is 0. The second-order valence-electron chi connectivity index (χ2n) is 6.21. The highest BCUT2D eigenvalue weighted by Crippen LogP contribution is 2.41. The molecular formula is C20H17N3O2. The minimum absolute atomic E-state index is 0.148. The second-order valence-corrected chi connectivity index (χ2v) is 6.21. The van der Waals surface area contributed by atoms with E-state index in [0.29, 0.717) is 0 Å². The molecule has 5 nitrogen and oxygen atoms in total. The van der Waals surface area contributed by atoms with Crippen molar-refractivity contribution in [3.8, 4) is 0 Å². The number of nitro groups is 1. The van der Waals surface area contributed by atoms with Gasteiger partial charge in [-0.2, -0.15) is 0 Å². The molecule has 1 aliphatic heterocycles. The van der Waals surface area contributed by atoms with Crippen molar-refractivity contribution in [3.63, 3.8) is 0 Å². The summed E-state index contributed by atoms with van der Waals surface area (Å²) in [7, 11) is 1.96. The fourth-order valence-corrected chi connectivity index (χ4v) is 3.46. The molecule has 3 aromatic rings. The largest absolute Gasteiger partial charge is 0.350 e. The normalized spacial score (nSPS) is 16.4. The molecule has 25 heavy (non-hydrogen) atoms. The number of aromatic nitrogens is 1. The number of pyridine rings is 1. The maximum atomic E-state index is 11.3. The molecule has 0 amide bonds. The molecule has 124 valence electrons. The van der Waals surface area contributed by atoms with Gasteiger partial charge in [0.05, 0.1) is 17.1 Å². The van der Waals surface area contributed by atoms with Gasteiger partial charge in [0, 0.05) is 34.8 Å². The lowest BCUT2D eigenvalue weighted by Crippen LogP contribution is -2.24. The number of para-hydroxylation sites is 2. The molecule has 0 saturated carbocycles. The summed E-state index contributed by atoms with van der Waals surface area (Å²) in [5, 5.41) is 12.4. The molecule has 0 N–H and O–H groups in total. The van der Waals surface area contributed by atoms with Crippen molar-refractivity contribution in [2.45, 2.75) is 5.92 Å². The van der Waals surface area contributed by atoms with Gasteiger partial charge in [-0.3, -0.25) is 10.1 Å². The quantitative estimate of drug-likeness (QED) is 0.536. The Hall–Kier alpha value is -3.21. The van der Waals surface area contributed by atoms with Gasteiger partial charge in [-0.25, -0.2) is 4.98 Å². The van der Waals surface area contributed by atoms with Crippen LogP contribution in [0.25, 0.3) is 16.5 Å². The first-order valence-corrected chi connectivity index (χ1v) is 8.15. The maximum absolute atomic E-state index is 11.3. The summed E-state index contributed by atoms with van der Waals surface area (Å²) in [6.07, 6.45) is 1.97. The van der Waals surface area contributed by atoms with Crippen LogP contribution in [0.4, 0.5) is 5.69 Å². The number of hydrogen-bond acceptors (Lipinski definition) is 4. The van der Waals surface area contributed by atoms with E-state index in [1.807, 2.05) is 78.8 Å². The lowest BCUT2D eigenvalue weighted by atomic mass is 9.85. The Morgan fingerprint density at radius 3 is 2.68 bits per heavy atom. The van der Waals surface area contributed by atoms with Gasteiger partial charge in [-0.1, -0.05) is 42.5 Å². The van der Waals surface area contributed by atoms with Crippen molar-refractivity contribution in [2.24, 2.45) is 0 Å². The molecule has 0 radical (unpaired) electrons. The first-order chi connectivity index (χ1) is 12.1. The van der Waals surface area contributed by atoms with E-state index >= 15 is 0 Å². The zero-order chi connectivity index (χ0) is 17.4. The Morgan fingerprint density at radius 2 is 1.84 bits per heavy atom. The van der Waals surface area contributed by atoms with Crippen LogP contribution in [0, 0.1) is 10.1 Å². The summed E-state index contributed by atoms with van der Waals surface area (Å²) in [5.41, 5.74) is 4.52. The summed E-state index contributed by atoms with van der Waals surface area (Å²) in [6, 6.07) is 19.7. The van der Waals surface area contributed by atoms with Crippen molar-refractivity contribution in [1.29, 1.82) is 0 Å². The molecule has 0 bridgehead atoms. The number of benzene rings is 2. The summed E-state index contributed by atoms with van der Waals surface area (Å²) in [6.45, 7) is -0.148. The van der Waals surface area contributed by atoms with Crippen LogP contribution in [-0.4, -0.2) is 23.5 Å². The molecule has 1 aromatic heterocycles. The highest BCUT2D eigenvalue weighted by molar-refractivity contribution is 5.84. The predicted molar refractivity (Wildman–Crippen MR) is 99.2 cm³/mol. The van der Waals surface area contributed by atoms with Gasteiger partial charge in [0.1, 0.15) is 0 Å². The third-order valence-electron chi connectivity index (χ3n) is 4.63. The molecule has 2 aromatic carbocycles. The molecule has 4 rings (SSSR count). The number of rotatable bonds is 3. The first-order valence-electron chi connectivity index (χ1n) is 8.15. The zero-order valence-corrected chi connectivity index (χ0v) is 13.8. The van der Waals surface area contributed by atoms with E-state index < -0.39 is 0 Å². The van der Waals surface area contributed by atoms with Crippen LogP contribution in [0.15, 0.2) is 66.9 Å². The van der Waals surface area contributed by atoms with E-state index in [1.165, 1.54) is 0 Å². The van der Waals surface area contributed by atoms with E-state index in [-0.39, 0.29) is 17.4 Å². The average Bonchev–Trinajstić information content (AvgIpc) is 2.63. The molecular weight excluding hydrogens is 314 g/mol. The van der Waals surface area contributed by atoms with Gasteiger partial charge in [-0.15, -0.1) is 0 Å². The van der Waals surface area contributed by atoms with Crippen molar-refractivity contribution >= 4 is 22.2 Å². The van der Waals surface area contributed by atoms with Gasteiger partial charge < -0.3 is 4.90 Å². The molecule has 0 aliphatic carbocycles. The molecule has 1 atom stereocenters. The van der Waals surface area contributed by atoms with Crippen LogP contribution in [-0.2, 0) is 0 Å². The van der Waals surface area contributed by atoms with Crippen molar-refractivity contribution in [2.75, 3.05) is 18.5 Å². The standard InChI is InChI=1S/C20H17N3O2/c1-22-12-17(19-11-10-14-6-2-4-8-18(14)21-19)16(13-23(24)25)15-7-3-5-9-20(15)22/h2-12,16H,13H2,1H3. The Balaban J connectivity index is 1.86. The Bertz CT molecular complexity index is 997. The van der Waals surface area contributed by atoms with Gasteiger partial charge in [-0.05, 0) is 23.8 Å². The van der Waals surface area contributed by atoms with E-state index in [0.717, 1.165) is 33.4 Å². The SMILES string of the molecule is CN1C=C(c2ccc3ccccc3n2)C(C[N+](=O)[O-])c2ccccc21. The van der Waals surface area contributed by atoms with E-state index in [2.05, 4.69) is 0 Å². The average molecular weight is 331 g/mol. The Kier molecular flexibility index (Phi) is 3.69. The monoisotopic (exact) mass is 331 g/mol. The first kappa shape index (κ1) is 15.3. The lowest BCUT2D eigenvalue weighted by molar-refractivity contribution is -0.481. The summed E-state index contributed by atoms with van der Waals surface area (Å²) >= 11 is 0. The van der Waals surface area contributed by atoms with E-state index in [4.69, 9.17) is 4.98 Å². The third-order valence-corrected chi connectivity index (χ3v) is 4.63. The van der Waals surface area contributed by atoms with Crippen molar-refractivity contribution in [1.82, 2.24) is 4.98 Å². The Morgan fingerprint density at radius 1 is 1.08 bits per heavy atom. The van der Waals surface area contributed by atoms with Crippen LogP contribution < -0.4 is 4.90 Å². The van der Waals surface area contributed by atoms with Crippen LogP contribution in [0.2, 0.25) is 0 Å². The minimum Gasteiger partial charge on any atom is -0.350 e. The van der Waals surface area contributed by atoms with Crippen LogP contribution in [0.5, 0.6) is 0 Å². The second kappa shape index (κ2) is 6.02. The fourth-order valence-electron chi connectivity index (χ4n) is 3.46. The highest BCUT2D eigenvalue weighted by atomic mass is 16.6. The zero-order valence-electron chi connectivity index (χ0n) is 13.8. The number of anilines is 1. The fraction of sp³-hybridized carbons (Fsp3) is 0.150. The molecule has 0 saturated heterocycles. The third kappa shape index (κ3) is 2.74. The molecule has 1 unspecified atom stereocenters. The predicted octanol–water partition coefficient (Wildman–Crippen LogP) is 4.09. The molecule has 0 fully saturated rings. The minimum atomic E-state index is -0.309. The molecule has 0 spiro atoms. The molecule has 1 aliphatic rings. The van der Waals surface area contributed by atoms with Crippen molar-refractivity contribution < 1.29 is 4.92 Å². The Labute approximate surface area is 145 Å². The topological polar surface area (TPSA) is 59.3 Å². The maximum Gasteiger partial charge on any atom is 0.214 e. The molecule has 2 heterocycles. The van der Waals surface area contributed by atoms with Gasteiger partial charge in [0.15, 0.2) is 0 Å². The van der Waals surface area contributed by atoms with Gasteiger partial charge in [0.2, 0.25) is 6.54 Å². The van der Waals surface area contributed by atoms with E-state index in [1.54, 1.807) is 0 Å². The summed E-state index contributed by atoms with van der Waals surface area (Å²) in [5.74, 6) is -0.309. The number of fused-ring (bicyclic) bond motifs is 2. The van der Waals surface area contributed by atoms with Gasteiger partial charge in [0.25, 0.3) is 0 Å². The van der Waals surface area contributed by atoms with Gasteiger partial charge >= 0.3 is 0 Å². The summed E-state index contributed by atoms with van der Waals surface area (Å²) < 4.78 is 0. The molecule has 5 heteroatoms. The van der Waals surface area contributed by atoms with Crippen molar-refractivity contribution in [3.05, 3.63) is 88.2 Å². The highest BCUT2D eigenvalue weighted by Gasteiger charge is 2.31. The lowest BCUT2D eigenvalue weighted by Gasteiger charge is -2.30. The summed E-state index contributed by atoms with van der Waals surface area (Å²) in [4.78, 5) is 17.8. The van der Waals surface area contributed by atoms with Crippen LogP contribution >= 0.6 is 0 Å².